The smallest absolute Gasteiger partial charge is 0.125 e. The second-order valence-corrected chi connectivity index (χ2v) is 4.08. The Bertz CT molecular complexity index is 563. The maximum atomic E-state index is 13.0. The Morgan fingerprint density at radius 1 is 1.22 bits per heavy atom. The summed E-state index contributed by atoms with van der Waals surface area (Å²) in [6.45, 7) is 1.93. The third-order valence-electron chi connectivity index (χ3n) is 3.05. The number of rotatable bonds is 1. The van der Waals surface area contributed by atoms with Crippen molar-refractivity contribution in [1.82, 2.24) is 10.3 Å². The van der Waals surface area contributed by atoms with Crippen molar-refractivity contribution in [2.45, 2.75) is 6.42 Å². The van der Waals surface area contributed by atoms with Crippen LogP contribution in [-0.2, 0) is 0 Å². The van der Waals surface area contributed by atoms with Gasteiger partial charge in [-0.15, -0.1) is 0 Å². The Balaban J connectivity index is 0.000000574. The van der Waals surface area contributed by atoms with Gasteiger partial charge in [-0.25, -0.2) is 4.39 Å². The quantitative estimate of drug-likeness (QED) is 0.593. The second kappa shape index (κ2) is 6.85. The summed E-state index contributed by atoms with van der Waals surface area (Å²) in [6, 6.07) is 4.90. The van der Waals surface area contributed by atoms with E-state index < -0.39 is 0 Å². The summed E-state index contributed by atoms with van der Waals surface area (Å²) >= 11 is 4.24. The molecule has 2 N–H and O–H groups in total. The molecule has 0 unspecified atom stereocenters. The maximum absolute atomic E-state index is 13.0. The Morgan fingerprint density at radius 3 is 2.78 bits per heavy atom. The zero-order valence-corrected chi connectivity index (χ0v) is 14.0. The molecule has 0 aliphatic carbocycles. The summed E-state index contributed by atoms with van der Waals surface area (Å²) in [5.41, 5.74) is 3.42. The first kappa shape index (κ1) is 14.3. The number of aromatic nitrogens is 1. The highest BCUT2D eigenvalue weighted by molar-refractivity contribution is 15.0. The van der Waals surface area contributed by atoms with Crippen molar-refractivity contribution in [1.29, 1.82) is 0 Å². The maximum Gasteiger partial charge on any atom is 0.125 e. The van der Waals surface area contributed by atoms with Crippen molar-refractivity contribution in [3.8, 4) is 0 Å². The Labute approximate surface area is 129 Å². The second-order valence-electron chi connectivity index (χ2n) is 4.08. The van der Waals surface area contributed by atoms with Gasteiger partial charge in [0.1, 0.15) is 5.82 Å². The van der Waals surface area contributed by atoms with Crippen LogP contribution in [0.25, 0.3) is 16.5 Å². The third-order valence-corrected chi connectivity index (χ3v) is 3.05. The average molecular weight is 470 g/mol. The normalized spacial score (nSPS) is 14.9. The van der Waals surface area contributed by atoms with Gasteiger partial charge in [-0.1, -0.05) is 6.08 Å². The van der Waals surface area contributed by atoms with E-state index in [-0.39, 0.29) is 5.82 Å². The first-order valence-electron chi connectivity index (χ1n) is 5.65. The predicted molar refractivity (Wildman–Crippen MR) is 91.8 cm³/mol. The largest absolute Gasteiger partial charge is 0.360 e. The lowest BCUT2D eigenvalue weighted by atomic mass is 10.00. The molecule has 2 heterocycles. The first-order chi connectivity index (χ1) is 8.84. The predicted octanol–water partition coefficient (Wildman–Crippen LogP) is 4.46. The molecule has 0 radical (unpaired) electrons. The summed E-state index contributed by atoms with van der Waals surface area (Å²) in [6.07, 6.45) is 5.21. The summed E-state index contributed by atoms with van der Waals surface area (Å²) < 4.78 is 13.0. The molecule has 0 saturated heterocycles. The van der Waals surface area contributed by atoms with E-state index >= 15 is 0 Å². The first-order valence-corrected chi connectivity index (χ1v) is 11.9. The van der Waals surface area contributed by atoms with Gasteiger partial charge in [-0.3, -0.25) is 0 Å². The van der Waals surface area contributed by atoms with E-state index in [4.69, 9.17) is 0 Å². The van der Waals surface area contributed by atoms with Crippen molar-refractivity contribution in [2.75, 3.05) is 13.1 Å². The number of H-pyrrole nitrogens is 1. The lowest BCUT2D eigenvalue weighted by molar-refractivity contribution is 0.629. The fourth-order valence-electron chi connectivity index (χ4n) is 2.23. The van der Waals surface area contributed by atoms with E-state index in [1.807, 2.05) is 12.3 Å². The van der Waals surface area contributed by atoms with Crippen LogP contribution in [0.15, 0.2) is 30.5 Å². The number of fused-ring (bicyclic) bond motifs is 1. The average Bonchev–Trinajstić information content (AvgIpc) is 2.85. The van der Waals surface area contributed by atoms with Gasteiger partial charge in [0.05, 0.1) is 0 Å². The molecule has 3 rings (SSSR count). The van der Waals surface area contributed by atoms with Gasteiger partial charge in [0.25, 0.3) is 0 Å². The molecule has 0 saturated carbocycles. The summed E-state index contributed by atoms with van der Waals surface area (Å²) in [5, 5.41) is 4.39. The molecular weight excluding hydrogens is 457 g/mol. The molecule has 2 nitrogen and oxygen atoms in total. The number of benzene rings is 1. The van der Waals surface area contributed by atoms with Crippen LogP contribution in [0.4, 0.5) is 4.39 Å². The molecule has 0 amide bonds. The number of hydrogen-bond acceptors (Lipinski definition) is 1. The molecular formula is C13H13FI2N2. The lowest BCUT2D eigenvalue weighted by Crippen LogP contribution is -2.19. The van der Waals surface area contributed by atoms with Crippen LogP contribution in [0.5, 0.6) is 0 Å². The van der Waals surface area contributed by atoms with Crippen molar-refractivity contribution in [3.05, 3.63) is 41.9 Å². The van der Waals surface area contributed by atoms with Gasteiger partial charge in [-0.2, -0.15) is 0 Å². The highest BCUT2D eigenvalue weighted by Gasteiger charge is 2.10. The molecule has 0 bridgehead atoms. The van der Waals surface area contributed by atoms with Crippen LogP contribution in [0.3, 0.4) is 0 Å². The monoisotopic (exact) mass is 470 g/mol. The van der Waals surface area contributed by atoms with Gasteiger partial charge in [0, 0.05) is 66.4 Å². The molecule has 0 fully saturated rings. The van der Waals surface area contributed by atoms with Gasteiger partial charge in [0.15, 0.2) is 0 Å². The van der Waals surface area contributed by atoms with E-state index in [2.05, 4.69) is 53.6 Å². The minimum Gasteiger partial charge on any atom is -0.360 e. The van der Waals surface area contributed by atoms with Crippen LogP contribution in [0, 0.1) is 5.82 Å². The molecule has 1 aliphatic rings. The van der Waals surface area contributed by atoms with E-state index in [0.29, 0.717) is 0 Å². The van der Waals surface area contributed by atoms with Crippen molar-refractivity contribution >= 4 is 53.7 Å². The van der Waals surface area contributed by atoms with Gasteiger partial charge < -0.3 is 10.3 Å². The molecule has 96 valence electrons. The van der Waals surface area contributed by atoms with Crippen LogP contribution in [0.1, 0.15) is 12.0 Å². The van der Waals surface area contributed by atoms with E-state index in [1.165, 1.54) is 17.2 Å². The molecule has 0 spiro atoms. The van der Waals surface area contributed by atoms with Gasteiger partial charge in [-0.05, 0) is 36.7 Å². The van der Waals surface area contributed by atoms with Crippen molar-refractivity contribution in [3.63, 3.8) is 0 Å². The van der Waals surface area contributed by atoms with Crippen LogP contribution >= 0.6 is 37.2 Å². The van der Waals surface area contributed by atoms with Crippen LogP contribution < -0.4 is 5.32 Å². The molecule has 2 aromatic rings. The Kier molecular flexibility index (Phi) is 5.43. The Hall–Kier alpha value is -0.150. The Morgan fingerprint density at radius 2 is 2.06 bits per heavy atom. The van der Waals surface area contributed by atoms with E-state index in [1.54, 1.807) is 6.07 Å². The van der Waals surface area contributed by atoms with Gasteiger partial charge in [0.2, 0.25) is 0 Å². The molecule has 1 aliphatic heterocycles. The summed E-state index contributed by atoms with van der Waals surface area (Å²) in [5.74, 6) is -0.194. The van der Waals surface area contributed by atoms with Gasteiger partial charge >= 0.3 is 0 Å². The molecule has 5 heteroatoms. The molecule has 1 aromatic heterocycles. The van der Waals surface area contributed by atoms with Crippen molar-refractivity contribution < 1.29 is 4.39 Å². The highest BCUT2D eigenvalue weighted by Crippen LogP contribution is 2.28. The summed E-state index contributed by atoms with van der Waals surface area (Å²) in [7, 11) is 0. The topological polar surface area (TPSA) is 27.8 Å². The van der Waals surface area contributed by atoms with E-state index in [9.17, 15) is 4.39 Å². The zero-order chi connectivity index (χ0) is 13.0. The lowest BCUT2D eigenvalue weighted by Gasteiger charge is -2.13. The SMILES string of the molecule is Fc1ccc2c(C3=CCNCC3)c[nH]c2c1.II. The van der Waals surface area contributed by atoms with Crippen molar-refractivity contribution in [2.24, 2.45) is 0 Å². The number of nitrogens with one attached hydrogen (secondary N) is 2. The van der Waals surface area contributed by atoms with Crippen LogP contribution in [-0.4, -0.2) is 18.1 Å². The third kappa shape index (κ3) is 3.05. The number of hydrogen-bond donors (Lipinski definition) is 2. The highest BCUT2D eigenvalue weighted by atomic mass is 128. The standard InChI is InChI=1S/C13H13FN2.I2/c14-10-1-2-11-12(8-16-13(11)7-10)9-3-5-15-6-4-9;1-2/h1-3,7-8,15-16H,4-6H2;. The number of aromatic amines is 1. The minimum absolute atomic E-state index is 0.194. The summed E-state index contributed by atoms with van der Waals surface area (Å²) in [4.78, 5) is 3.13. The fraction of sp³-hybridized carbons (Fsp3) is 0.231. The van der Waals surface area contributed by atoms with Crippen LogP contribution in [0.2, 0.25) is 0 Å². The zero-order valence-electron chi connectivity index (χ0n) is 9.64. The molecule has 1 aromatic carbocycles. The number of halogens is 3. The molecule has 0 atom stereocenters. The molecule has 18 heavy (non-hydrogen) atoms. The minimum atomic E-state index is -0.194. The fourth-order valence-corrected chi connectivity index (χ4v) is 2.23. The van der Waals surface area contributed by atoms with E-state index in [0.717, 1.165) is 30.4 Å².